The van der Waals surface area contributed by atoms with E-state index in [0.29, 0.717) is 6.54 Å². The van der Waals surface area contributed by atoms with Gasteiger partial charge in [0.1, 0.15) is 0 Å². The van der Waals surface area contributed by atoms with Crippen molar-refractivity contribution in [2.24, 2.45) is 16.5 Å². The number of hydrogen-bond acceptors (Lipinski definition) is 1. The van der Waals surface area contributed by atoms with Crippen LogP contribution in [0.1, 0.15) is 5.56 Å². The standard InChI is InChI=1S/C9H12ClN3/c10-8-3-1-7(2-4-8)5-6-13-9(11)12/h1-4H,5-6H2,(H4,11,12,13). The maximum atomic E-state index is 5.73. The van der Waals surface area contributed by atoms with Crippen molar-refractivity contribution in [2.45, 2.75) is 6.42 Å². The van der Waals surface area contributed by atoms with Gasteiger partial charge in [0, 0.05) is 11.6 Å². The minimum Gasteiger partial charge on any atom is -0.370 e. The molecule has 0 aliphatic carbocycles. The monoisotopic (exact) mass is 197 g/mol. The Hall–Kier alpha value is -1.22. The number of halogens is 1. The van der Waals surface area contributed by atoms with Crippen LogP contribution in [0.3, 0.4) is 0 Å². The van der Waals surface area contributed by atoms with Crippen LogP contribution >= 0.6 is 11.6 Å². The third-order valence-corrected chi connectivity index (χ3v) is 1.86. The molecular weight excluding hydrogens is 186 g/mol. The number of guanidine groups is 1. The molecule has 0 saturated heterocycles. The van der Waals surface area contributed by atoms with Gasteiger partial charge in [-0.05, 0) is 24.1 Å². The first-order chi connectivity index (χ1) is 6.18. The maximum absolute atomic E-state index is 5.73. The van der Waals surface area contributed by atoms with Crippen LogP contribution in [-0.2, 0) is 6.42 Å². The highest BCUT2D eigenvalue weighted by Crippen LogP contribution is 2.09. The Morgan fingerprint density at radius 3 is 2.38 bits per heavy atom. The van der Waals surface area contributed by atoms with Crippen molar-refractivity contribution in [3.8, 4) is 0 Å². The van der Waals surface area contributed by atoms with E-state index in [-0.39, 0.29) is 5.96 Å². The molecule has 4 heteroatoms. The summed E-state index contributed by atoms with van der Waals surface area (Å²) in [5.74, 6) is 0.133. The fraction of sp³-hybridized carbons (Fsp3) is 0.222. The second kappa shape index (κ2) is 4.72. The molecule has 0 radical (unpaired) electrons. The third-order valence-electron chi connectivity index (χ3n) is 1.61. The highest BCUT2D eigenvalue weighted by atomic mass is 35.5. The fourth-order valence-corrected chi connectivity index (χ4v) is 1.09. The van der Waals surface area contributed by atoms with Crippen LogP contribution in [0.4, 0.5) is 0 Å². The molecular formula is C9H12ClN3. The van der Waals surface area contributed by atoms with Crippen LogP contribution in [-0.4, -0.2) is 12.5 Å². The molecule has 0 fully saturated rings. The lowest BCUT2D eigenvalue weighted by Crippen LogP contribution is -2.23. The average Bonchev–Trinajstić information content (AvgIpc) is 2.08. The number of nitrogens with zero attached hydrogens (tertiary/aromatic N) is 1. The lowest BCUT2D eigenvalue weighted by atomic mass is 10.1. The molecule has 3 nitrogen and oxygen atoms in total. The van der Waals surface area contributed by atoms with Crippen LogP contribution in [0.2, 0.25) is 5.02 Å². The topological polar surface area (TPSA) is 64.4 Å². The maximum Gasteiger partial charge on any atom is 0.185 e. The number of rotatable bonds is 3. The van der Waals surface area contributed by atoms with E-state index in [0.717, 1.165) is 11.4 Å². The molecule has 0 saturated carbocycles. The number of nitrogens with two attached hydrogens (primary N) is 2. The Morgan fingerprint density at radius 1 is 1.23 bits per heavy atom. The van der Waals surface area contributed by atoms with Gasteiger partial charge in [-0.25, -0.2) is 0 Å². The molecule has 70 valence electrons. The van der Waals surface area contributed by atoms with E-state index in [1.165, 1.54) is 5.56 Å². The molecule has 1 aromatic carbocycles. The van der Waals surface area contributed by atoms with Crippen molar-refractivity contribution in [3.05, 3.63) is 34.9 Å². The molecule has 1 rings (SSSR count). The van der Waals surface area contributed by atoms with Gasteiger partial charge in [-0.3, -0.25) is 4.99 Å². The summed E-state index contributed by atoms with van der Waals surface area (Å²) in [4.78, 5) is 3.88. The van der Waals surface area contributed by atoms with Crippen LogP contribution in [0.5, 0.6) is 0 Å². The average molecular weight is 198 g/mol. The Kier molecular flexibility index (Phi) is 3.58. The summed E-state index contributed by atoms with van der Waals surface area (Å²) < 4.78 is 0. The number of hydrogen-bond donors (Lipinski definition) is 2. The molecule has 0 atom stereocenters. The molecule has 0 aliphatic rings. The molecule has 0 heterocycles. The van der Waals surface area contributed by atoms with Crippen molar-refractivity contribution in [2.75, 3.05) is 6.54 Å². The van der Waals surface area contributed by atoms with Gasteiger partial charge in [-0.15, -0.1) is 0 Å². The Bertz CT molecular complexity index is 288. The Morgan fingerprint density at radius 2 is 1.85 bits per heavy atom. The smallest absolute Gasteiger partial charge is 0.185 e. The Labute approximate surface area is 82.4 Å². The molecule has 0 aliphatic heterocycles. The molecule has 0 spiro atoms. The van der Waals surface area contributed by atoms with E-state index in [4.69, 9.17) is 23.1 Å². The minimum atomic E-state index is 0.133. The van der Waals surface area contributed by atoms with Crippen LogP contribution in [0.15, 0.2) is 29.3 Å². The van der Waals surface area contributed by atoms with Gasteiger partial charge in [-0.2, -0.15) is 0 Å². The summed E-state index contributed by atoms with van der Waals surface area (Å²) in [5.41, 5.74) is 11.6. The van der Waals surface area contributed by atoms with E-state index >= 15 is 0 Å². The van der Waals surface area contributed by atoms with Crippen molar-refractivity contribution in [1.82, 2.24) is 0 Å². The quantitative estimate of drug-likeness (QED) is 0.564. The van der Waals surface area contributed by atoms with Crippen molar-refractivity contribution >= 4 is 17.6 Å². The van der Waals surface area contributed by atoms with Gasteiger partial charge in [0.05, 0.1) is 0 Å². The summed E-state index contributed by atoms with van der Waals surface area (Å²) in [6.45, 7) is 0.615. The zero-order valence-corrected chi connectivity index (χ0v) is 7.96. The first kappa shape index (κ1) is 9.86. The summed E-state index contributed by atoms with van der Waals surface area (Å²) in [5, 5.41) is 0.741. The highest BCUT2D eigenvalue weighted by Gasteiger charge is 1.91. The van der Waals surface area contributed by atoms with Crippen LogP contribution < -0.4 is 11.5 Å². The normalized spacial score (nSPS) is 9.62. The second-order valence-corrected chi connectivity index (χ2v) is 3.12. The first-order valence-electron chi connectivity index (χ1n) is 3.98. The summed E-state index contributed by atoms with van der Waals surface area (Å²) >= 11 is 5.73. The van der Waals surface area contributed by atoms with Crippen LogP contribution in [0.25, 0.3) is 0 Å². The molecule has 1 aromatic rings. The molecule has 0 unspecified atom stereocenters. The summed E-state index contributed by atoms with van der Waals surface area (Å²) in [6.07, 6.45) is 0.828. The molecule has 0 bridgehead atoms. The number of benzene rings is 1. The Balaban J connectivity index is 2.46. The molecule has 0 aromatic heterocycles. The van der Waals surface area contributed by atoms with Crippen LogP contribution in [0, 0.1) is 0 Å². The minimum absolute atomic E-state index is 0.133. The third kappa shape index (κ3) is 3.80. The number of aliphatic imine (C=N–C) groups is 1. The van der Waals surface area contributed by atoms with E-state index in [2.05, 4.69) is 4.99 Å². The predicted octanol–water partition coefficient (Wildman–Crippen LogP) is 1.16. The van der Waals surface area contributed by atoms with E-state index < -0.39 is 0 Å². The highest BCUT2D eigenvalue weighted by molar-refractivity contribution is 6.30. The SMILES string of the molecule is NC(N)=NCCc1ccc(Cl)cc1. The molecule has 4 N–H and O–H groups in total. The lowest BCUT2D eigenvalue weighted by molar-refractivity contribution is 0.962. The lowest BCUT2D eigenvalue weighted by Gasteiger charge is -1.98. The zero-order valence-electron chi connectivity index (χ0n) is 7.20. The zero-order chi connectivity index (χ0) is 9.68. The first-order valence-corrected chi connectivity index (χ1v) is 4.36. The van der Waals surface area contributed by atoms with Crippen molar-refractivity contribution in [3.63, 3.8) is 0 Å². The van der Waals surface area contributed by atoms with Crippen molar-refractivity contribution in [1.29, 1.82) is 0 Å². The summed E-state index contributed by atoms with van der Waals surface area (Å²) in [7, 11) is 0. The fourth-order valence-electron chi connectivity index (χ4n) is 0.965. The summed E-state index contributed by atoms with van der Waals surface area (Å²) in [6, 6.07) is 7.63. The van der Waals surface area contributed by atoms with E-state index in [1.54, 1.807) is 0 Å². The van der Waals surface area contributed by atoms with E-state index in [1.807, 2.05) is 24.3 Å². The van der Waals surface area contributed by atoms with Gasteiger partial charge in [-0.1, -0.05) is 23.7 Å². The van der Waals surface area contributed by atoms with Gasteiger partial charge >= 0.3 is 0 Å². The van der Waals surface area contributed by atoms with Gasteiger partial charge in [0.15, 0.2) is 5.96 Å². The second-order valence-electron chi connectivity index (χ2n) is 2.68. The van der Waals surface area contributed by atoms with Gasteiger partial charge in [0.25, 0.3) is 0 Å². The van der Waals surface area contributed by atoms with E-state index in [9.17, 15) is 0 Å². The molecule has 13 heavy (non-hydrogen) atoms. The largest absolute Gasteiger partial charge is 0.370 e. The van der Waals surface area contributed by atoms with Gasteiger partial charge in [0.2, 0.25) is 0 Å². The van der Waals surface area contributed by atoms with Crippen molar-refractivity contribution < 1.29 is 0 Å². The van der Waals surface area contributed by atoms with Gasteiger partial charge < -0.3 is 11.5 Å². The molecule has 0 amide bonds. The predicted molar refractivity (Wildman–Crippen MR) is 55.8 cm³/mol.